The van der Waals surface area contributed by atoms with Crippen molar-refractivity contribution in [2.24, 2.45) is 5.10 Å². The van der Waals surface area contributed by atoms with Crippen LogP contribution in [0.15, 0.2) is 71.8 Å². The van der Waals surface area contributed by atoms with Crippen LogP contribution in [0, 0.1) is 0 Å². The van der Waals surface area contributed by atoms with Gasteiger partial charge in [-0.25, -0.2) is 15.0 Å². The number of ether oxygens (including phenoxy) is 3. The van der Waals surface area contributed by atoms with E-state index in [-0.39, 0.29) is 16.9 Å². The van der Waals surface area contributed by atoms with Gasteiger partial charge in [-0.3, -0.25) is 4.79 Å². The normalized spacial score (nSPS) is 10.5. The molecular weight excluding hydrogens is 428 g/mol. The van der Waals surface area contributed by atoms with Crippen LogP contribution >= 0.6 is 0 Å². The average Bonchev–Trinajstić information content (AvgIpc) is 2.84. The number of rotatable bonds is 8. The summed E-state index contributed by atoms with van der Waals surface area (Å²) in [5, 5.41) is 12.8. The van der Waals surface area contributed by atoms with Crippen LogP contribution in [0.1, 0.15) is 36.6 Å². The van der Waals surface area contributed by atoms with E-state index in [9.17, 15) is 14.4 Å². The van der Waals surface area contributed by atoms with Crippen LogP contribution in [0.25, 0.3) is 0 Å². The van der Waals surface area contributed by atoms with Crippen molar-refractivity contribution in [3.8, 4) is 17.2 Å². The first-order chi connectivity index (χ1) is 15.9. The van der Waals surface area contributed by atoms with Crippen LogP contribution in [0.3, 0.4) is 0 Å². The van der Waals surface area contributed by atoms with Crippen LogP contribution in [-0.4, -0.2) is 43.4 Å². The van der Waals surface area contributed by atoms with Crippen LogP contribution < -0.4 is 19.6 Å². The molecule has 3 aromatic carbocycles. The lowest BCUT2D eigenvalue weighted by Crippen LogP contribution is -2.17. The Morgan fingerprint density at radius 2 is 1.58 bits per heavy atom. The summed E-state index contributed by atoms with van der Waals surface area (Å²) in [7, 11) is 2.94. The van der Waals surface area contributed by atoms with E-state index in [4.69, 9.17) is 19.3 Å². The van der Waals surface area contributed by atoms with Gasteiger partial charge < -0.3 is 19.3 Å². The minimum Gasteiger partial charge on any atom is -0.497 e. The number of carboxylic acid groups (broad SMARTS) is 1. The molecule has 0 bridgehead atoms. The van der Waals surface area contributed by atoms with Gasteiger partial charge in [-0.2, -0.15) is 5.10 Å². The van der Waals surface area contributed by atoms with Gasteiger partial charge in [0.2, 0.25) is 0 Å². The topological polar surface area (TPSA) is 124 Å². The average molecular weight is 448 g/mol. The highest BCUT2D eigenvalue weighted by atomic mass is 16.6. The SMILES string of the molecule is COc1cccc(C(=O)Oc2ccc(C=NNC(=O)c3ccc(C(=O)O)cc3)cc2OC)c1. The van der Waals surface area contributed by atoms with E-state index in [1.54, 1.807) is 42.5 Å². The Morgan fingerprint density at radius 3 is 2.24 bits per heavy atom. The van der Waals surface area contributed by atoms with Gasteiger partial charge in [-0.05, 0) is 66.2 Å². The van der Waals surface area contributed by atoms with Gasteiger partial charge >= 0.3 is 11.9 Å². The van der Waals surface area contributed by atoms with Crippen molar-refractivity contribution < 1.29 is 33.7 Å². The molecule has 9 nitrogen and oxygen atoms in total. The second-order valence-corrected chi connectivity index (χ2v) is 6.61. The predicted octanol–water partition coefficient (Wildman–Crippen LogP) is 3.39. The summed E-state index contributed by atoms with van der Waals surface area (Å²) in [6.45, 7) is 0. The van der Waals surface area contributed by atoms with E-state index in [2.05, 4.69) is 10.5 Å². The summed E-state index contributed by atoms with van der Waals surface area (Å²) in [5.41, 5.74) is 3.59. The van der Waals surface area contributed by atoms with Crippen molar-refractivity contribution in [3.63, 3.8) is 0 Å². The number of methoxy groups -OCH3 is 2. The van der Waals surface area contributed by atoms with Gasteiger partial charge in [0.1, 0.15) is 5.75 Å². The van der Waals surface area contributed by atoms with Crippen molar-refractivity contribution in [1.29, 1.82) is 0 Å². The number of nitrogens with zero attached hydrogens (tertiary/aromatic N) is 1. The quantitative estimate of drug-likeness (QED) is 0.234. The van der Waals surface area contributed by atoms with Crippen LogP contribution in [0.5, 0.6) is 17.2 Å². The maximum absolute atomic E-state index is 12.4. The Morgan fingerprint density at radius 1 is 0.848 bits per heavy atom. The second-order valence-electron chi connectivity index (χ2n) is 6.61. The number of amides is 1. The molecule has 2 N–H and O–H groups in total. The minimum atomic E-state index is -1.08. The van der Waals surface area contributed by atoms with Gasteiger partial charge in [-0.15, -0.1) is 0 Å². The lowest BCUT2D eigenvalue weighted by molar-refractivity contribution is 0.0693. The molecule has 0 unspecified atom stereocenters. The van der Waals surface area contributed by atoms with Gasteiger partial charge in [0.15, 0.2) is 11.5 Å². The molecule has 1 amide bonds. The van der Waals surface area contributed by atoms with E-state index in [1.165, 1.54) is 44.7 Å². The maximum Gasteiger partial charge on any atom is 0.343 e. The van der Waals surface area contributed by atoms with E-state index in [1.807, 2.05) is 0 Å². The molecule has 3 aromatic rings. The van der Waals surface area contributed by atoms with E-state index in [0.29, 0.717) is 22.6 Å². The third kappa shape index (κ3) is 5.95. The summed E-state index contributed by atoms with van der Waals surface area (Å²) < 4.78 is 15.8. The molecule has 0 fully saturated rings. The smallest absolute Gasteiger partial charge is 0.343 e. The fourth-order valence-corrected chi connectivity index (χ4v) is 2.75. The summed E-state index contributed by atoms with van der Waals surface area (Å²) in [5.74, 6) is -1.11. The molecule has 0 saturated heterocycles. The van der Waals surface area contributed by atoms with Crippen molar-refractivity contribution in [3.05, 3.63) is 89.0 Å². The molecule has 0 spiro atoms. The number of aromatic carboxylic acids is 1. The molecule has 0 aliphatic rings. The Balaban J connectivity index is 1.66. The largest absolute Gasteiger partial charge is 0.497 e. The lowest BCUT2D eigenvalue weighted by Gasteiger charge is -2.10. The molecule has 0 heterocycles. The first-order valence-electron chi connectivity index (χ1n) is 9.62. The molecule has 33 heavy (non-hydrogen) atoms. The number of hydrazone groups is 1. The first-order valence-corrected chi connectivity index (χ1v) is 9.62. The summed E-state index contributed by atoms with van der Waals surface area (Å²) in [4.78, 5) is 35.4. The Kier molecular flexibility index (Phi) is 7.38. The van der Waals surface area contributed by atoms with Gasteiger partial charge in [0.05, 0.1) is 31.6 Å². The molecule has 9 heteroatoms. The second kappa shape index (κ2) is 10.6. The number of carboxylic acids is 1. The summed E-state index contributed by atoms with van der Waals surface area (Å²) >= 11 is 0. The monoisotopic (exact) mass is 448 g/mol. The zero-order valence-electron chi connectivity index (χ0n) is 17.8. The fraction of sp³-hybridized carbons (Fsp3) is 0.0833. The highest BCUT2D eigenvalue weighted by Crippen LogP contribution is 2.28. The highest BCUT2D eigenvalue weighted by Gasteiger charge is 2.14. The molecule has 0 atom stereocenters. The molecule has 0 radical (unpaired) electrons. The maximum atomic E-state index is 12.4. The zero-order chi connectivity index (χ0) is 23.8. The van der Waals surface area contributed by atoms with Gasteiger partial charge in [0, 0.05) is 5.56 Å². The molecule has 168 valence electrons. The first kappa shape index (κ1) is 23.0. The van der Waals surface area contributed by atoms with Gasteiger partial charge in [0.25, 0.3) is 5.91 Å². The third-order valence-corrected chi connectivity index (χ3v) is 4.47. The molecule has 3 rings (SSSR count). The Hall–Kier alpha value is -4.66. The molecule has 0 aliphatic heterocycles. The number of nitrogens with one attached hydrogen (secondary N) is 1. The van der Waals surface area contributed by atoms with Crippen LogP contribution in [-0.2, 0) is 0 Å². The number of hydrogen-bond donors (Lipinski definition) is 2. The lowest BCUT2D eigenvalue weighted by atomic mass is 10.1. The zero-order valence-corrected chi connectivity index (χ0v) is 17.8. The van der Waals surface area contributed by atoms with Crippen LogP contribution in [0.2, 0.25) is 0 Å². The van der Waals surface area contributed by atoms with Crippen molar-refractivity contribution in [2.45, 2.75) is 0 Å². The minimum absolute atomic E-state index is 0.0781. The number of hydrogen-bond acceptors (Lipinski definition) is 7. The van der Waals surface area contributed by atoms with E-state index in [0.717, 1.165) is 0 Å². The summed E-state index contributed by atoms with van der Waals surface area (Å²) in [6, 6.07) is 16.8. The van der Waals surface area contributed by atoms with Crippen molar-refractivity contribution in [1.82, 2.24) is 5.43 Å². The number of carbonyl (C=O) groups excluding carboxylic acids is 2. The standard InChI is InChI=1S/C24H20N2O7/c1-31-19-5-3-4-18(13-19)24(30)33-20-11-6-15(12-21(20)32-2)14-25-26-22(27)16-7-9-17(10-8-16)23(28)29/h3-14H,1-2H3,(H,26,27)(H,28,29). The number of esters is 1. The van der Waals surface area contributed by atoms with Gasteiger partial charge in [-0.1, -0.05) is 6.07 Å². The molecule has 0 aliphatic carbocycles. The van der Waals surface area contributed by atoms with E-state index >= 15 is 0 Å². The van der Waals surface area contributed by atoms with Crippen LogP contribution in [0.4, 0.5) is 0 Å². The Labute approximate surface area is 189 Å². The van der Waals surface area contributed by atoms with E-state index < -0.39 is 17.8 Å². The highest BCUT2D eigenvalue weighted by molar-refractivity contribution is 5.96. The third-order valence-electron chi connectivity index (χ3n) is 4.47. The predicted molar refractivity (Wildman–Crippen MR) is 119 cm³/mol. The Bertz CT molecular complexity index is 1200. The summed E-state index contributed by atoms with van der Waals surface area (Å²) in [6.07, 6.45) is 1.39. The fourth-order valence-electron chi connectivity index (χ4n) is 2.75. The van der Waals surface area contributed by atoms with Crippen molar-refractivity contribution >= 4 is 24.1 Å². The molecule has 0 aromatic heterocycles. The van der Waals surface area contributed by atoms with Crippen molar-refractivity contribution in [2.75, 3.05) is 14.2 Å². The molecule has 0 saturated carbocycles. The molecular formula is C24H20N2O7. The number of benzene rings is 3. The number of carbonyl (C=O) groups is 3.